The van der Waals surface area contributed by atoms with Gasteiger partial charge < -0.3 is 5.73 Å². The van der Waals surface area contributed by atoms with Crippen molar-refractivity contribution in [1.29, 1.82) is 0 Å². The summed E-state index contributed by atoms with van der Waals surface area (Å²) in [6.07, 6.45) is 1.55. The van der Waals surface area contributed by atoms with Gasteiger partial charge in [-0.2, -0.15) is 5.10 Å². The van der Waals surface area contributed by atoms with E-state index in [0.717, 1.165) is 18.2 Å². The van der Waals surface area contributed by atoms with Crippen molar-refractivity contribution < 1.29 is 13.3 Å². The third-order valence-electron chi connectivity index (χ3n) is 2.86. The third-order valence-corrected chi connectivity index (χ3v) is 4.33. The summed E-state index contributed by atoms with van der Waals surface area (Å²) in [5.74, 6) is 0. The van der Waals surface area contributed by atoms with Crippen molar-refractivity contribution in [3.8, 4) is 0 Å². The number of nitrogens with zero attached hydrogens (tertiary/aromatic N) is 3. The van der Waals surface area contributed by atoms with E-state index in [9.17, 15) is 18.5 Å². The summed E-state index contributed by atoms with van der Waals surface area (Å²) in [5.41, 5.74) is 5.80. The SMILES string of the molecule is Cn1nccc1CNS(=O)(=O)c1ccc([N+](=O)[O-])cc1N. The Labute approximate surface area is 120 Å². The van der Waals surface area contributed by atoms with Crippen LogP contribution < -0.4 is 10.5 Å². The summed E-state index contributed by atoms with van der Waals surface area (Å²) >= 11 is 0. The molecule has 0 spiro atoms. The Balaban J connectivity index is 2.23. The number of nitro groups is 1. The van der Waals surface area contributed by atoms with Crippen LogP contribution in [-0.4, -0.2) is 23.1 Å². The zero-order valence-electron chi connectivity index (χ0n) is 11.1. The molecule has 0 fully saturated rings. The highest BCUT2D eigenvalue weighted by molar-refractivity contribution is 7.89. The number of aromatic nitrogens is 2. The van der Waals surface area contributed by atoms with E-state index < -0.39 is 14.9 Å². The van der Waals surface area contributed by atoms with Crippen LogP contribution in [0, 0.1) is 10.1 Å². The van der Waals surface area contributed by atoms with Gasteiger partial charge in [-0.15, -0.1) is 0 Å². The van der Waals surface area contributed by atoms with E-state index in [1.165, 1.54) is 4.68 Å². The number of nitro benzene ring substituents is 1. The molecule has 0 atom stereocenters. The van der Waals surface area contributed by atoms with Gasteiger partial charge in [0.15, 0.2) is 0 Å². The number of anilines is 1. The lowest BCUT2D eigenvalue weighted by atomic mass is 10.3. The number of rotatable bonds is 5. The van der Waals surface area contributed by atoms with E-state index in [0.29, 0.717) is 5.69 Å². The maximum absolute atomic E-state index is 12.2. The molecule has 2 aromatic rings. The number of aryl methyl sites for hydroxylation is 1. The lowest BCUT2D eigenvalue weighted by Gasteiger charge is -2.09. The zero-order chi connectivity index (χ0) is 15.6. The minimum absolute atomic E-state index is 0.0370. The summed E-state index contributed by atoms with van der Waals surface area (Å²) in [4.78, 5) is 9.77. The van der Waals surface area contributed by atoms with Crippen LogP contribution in [0.25, 0.3) is 0 Å². The van der Waals surface area contributed by atoms with Crippen LogP contribution in [-0.2, 0) is 23.6 Å². The first-order chi connectivity index (χ1) is 9.81. The van der Waals surface area contributed by atoms with Gasteiger partial charge in [0.1, 0.15) is 4.90 Å². The number of nitrogens with two attached hydrogens (primary N) is 1. The second-order valence-corrected chi connectivity index (χ2v) is 5.99. The predicted octanol–water partition coefficient (Wildman–Crippen LogP) is 0.389. The van der Waals surface area contributed by atoms with Crippen molar-refractivity contribution in [1.82, 2.24) is 14.5 Å². The summed E-state index contributed by atoms with van der Waals surface area (Å²) in [7, 11) is -2.18. The first-order valence-corrected chi connectivity index (χ1v) is 7.30. The van der Waals surface area contributed by atoms with Crippen LogP contribution in [0.15, 0.2) is 35.4 Å². The number of sulfonamides is 1. The van der Waals surface area contributed by atoms with Crippen LogP contribution in [0.5, 0.6) is 0 Å². The van der Waals surface area contributed by atoms with Gasteiger partial charge in [-0.05, 0) is 12.1 Å². The molecule has 0 aliphatic carbocycles. The van der Waals surface area contributed by atoms with Crippen molar-refractivity contribution in [2.45, 2.75) is 11.4 Å². The normalized spacial score (nSPS) is 11.5. The monoisotopic (exact) mass is 311 g/mol. The fourth-order valence-corrected chi connectivity index (χ4v) is 2.83. The first kappa shape index (κ1) is 14.9. The van der Waals surface area contributed by atoms with Crippen LogP contribution in [0.2, 0.25) is 0 Å². The minimum Gasteiger partial charge on any atom is -0.397 e. The van der Waals surface area contributed by atoms with Gasteiger partial charge in [0.05, 0.1) is 22.8 Å². The number of nitrogens with one attached hydrogen (secondary N) is 1. The second kappa shape index (κ2) is 5.50. The molecule has 0 saturated heterocycles. The van der Waals surface area contributed by atoms with Crippen molar-refractivity contribution >= 4 is 21.4 Å². The Morgan fingerprint density at radius 2 is 2.14 bits per heavy atom. The van der Waals surface area contributed by atoms with Crippen molar-refractivity contribution in [2.75, 3.05) is 5.73 Å². The molecule has 9 nitrogen and oxygen atoms in total. The predicted molar refractivity (Wildman–Crippen MR) is 74.7 cm³/mol. The molecular weight excluding hydrogens is 298 g/mol. The van der Waals surface area contributed by atoms with E-state index in [1.807, 2.05) is 0 Å². The second-order valence-electron chi connectivity index (χ2n) is 4.25. The molecule has 0 bridgehead atoms. The van der Waals surface area contributed by atoms with E-state index in [2.05, 4.69) is 9.82 Å². The van der Waals surface area contributed by atoms with Crippen LogP contribution in [0.1, 0.15) is 5.69 Å². The fraction of sp³-hybridized carbons (Fsp3) is 0.182. The number of hydrogen-bond donors (Lipinski definition) is 2. The van der Waals surface area contributed by atoms with Crippen molar-refractivity contribution in [3.05, 3.63) is 46.3 Å². The molecule has 1 heterocycles. The average molecular weight is 311 g/mol. The summed E-state index contributed by atoms with van der Waals surface area (Å²) in [6.45, 7) is 0.0370. The molecule has 21 heavy (non-hydrogen) atoms. The van der Waals surface area contributed by atoms with Crippen LogP contribution >= 0.6 is 0 Å². The van der Waals surface area contributed by atoms with Gasteiger partial charge in [0, 0.05) is 25.4 Å². The number of non-ortho nitro benzene ring substituents is 1. The molecule has 0 unspecified atom stereocenters. The molecule has 112 valence electrons. The Morgan fingerprint density at radius 1 is 1.43 bits per heavy atom. The molecule has 0 saturated carbocycles. The fourth-order valence-electron chi connectivity index (χ4n) is 1.72. The molecule has 1 aromatic carbocycles. The van der Waals surface area contributed by atoms with Gasteiger partial charge in [-0.1, -0.05) is 0 Å². The van der Waals surface area contributed by atoms with Gasteiger partial charge in [-0.25, -0.2) is 13.1 Å². The Bertz CT molecular complexity index is 784. The van der Waals surface area contributed by atoms with Crippen LogP contribution in [0.3, 0.4) is 0 Å². The Morgan fingerprint density at radius 3 is 2.67 bits per heavy atom. The highest BCUT2D eigenvalue weighted by atomic mass is 32.2. The number of hydrogen-bond acceptors (Lipinski definition) is 6. The lowest BCUT2D eigenvalue weighted by Crippen LogP contribution is -2.25. The number of benzene rings is 1. The topological polar surface area (TPSA) is 133 Å². The highest BCUT2D eigenvalue weighted by Crippen LogP contribution is 2.23. The van der Waals surface area contributed by atoms with E-state index >= 15 is 0 Å². The zero-order valence-corrected chi connectivity index (χ0v) is 11.9. The minimum atomic E-state index is -3.86. The maximum atomic E-state index is 12.2. The van der Waals surface area contributed by atoms with E-state index in [-0.39, 0.29) is 22.8 Å². The van der Waals surface area contributed by atoms with Gasteiger partial charge >= 0.3 is 0 Å². The maximum Gasteiger partial charge on any atom is 0.271 e. The van der Waals surface area contributed by atoms with Crippen LogP contribution in [0.4, 0.5) is 11.4 Å². The molecule has 2 rings (SSSR count). The van der Waals surface area contributed by atoms with E-state index in [4.69, 9.17) is 5.73 Å². The van der Waals surface area contributed by atoms with E-state index in [1.54, 1.807) is 19.3 Å². The lowest BCUT2D eigenvalue weighted by molar-refractivity contribution is -0.384. The molecule has 3 N–H and O–H groups in total. The number of nitrogen functional groups attached to an aromatic ring is 1. The van der Waals surface area contributed by atoms with Crippen molar-refractivity contribution in [3.63, 3.8) is 0 Å². The van der Waals surface area contributed by atoms with Gasteiger partial charge in [-0.3, -0.25) is 14.8 Å². The molecule has 0 amide bonds. The molecule has 10 heteroatoms. The van der Waals surface area contributed by atoms with Gasteiger partial charge in [0.2, 0.25) is 10.0 Å². The molecule has 1 aromatic heterocycles. The largest absolute Gasteiger partial charge is 0.397 e. The molecular formula is C11H13N5O4S. The standard InChI is InChI=1S/C11H13N5O4S/c1-15-9(4-5-13-15)7-14-21(19,20)11-3-2-8(16(17)18)6-10(11)12/h2-6,14H,7,12H2,1H3. The molecule has 0 aliphatic heterocycles. The first-order valence-electron chi connectivity index (χ1n) is 5.82. The third kappa shape index (κ3) is 3.17. The summed E-state index contributed by atoms with van der Waals surface area (Å²) < 4.78 is 28.2. The van der Waals surface area contributed by atoms with Gasteiger partial charge in [0.25, 0.3) is 5.69 Å². The summed E-state index contributed by atoms with van der Waals surface area (Å²) in [5, 5.41) is 14.5. The Kier molecular flexibility index (Phi) is 3.91. The smallest absolute Gasteiger partial charge is 0.271 e. The molecule has 0 aliphatic rings. The summed E-state index contributed by atoms with van der Waals surface area (Å²) in [6, 6.07) is 4.88. The average Bonchev–Trinajstić information content (AvgIpc) is 2.81. The highest BCUT2D eigenvalue weighted by Gasteiger charge is 2.20. The molecule has 0 radical (unpaired) electrons. The Hall–Kier alpha value is -2.46. The quantitative estimate of drug-likeness (QED) is 0.466. The van der Waals surface area contributed by atoms with Crippen molar-refractivity contribution in [2.24, 2.45) is 7.05 Å².